The average molecular weight is 873 g/mol. The second kappa shape index (κ2) is 18.8. The lowest BCUT2D eigenvalue weighted by Gasteiger charge is -2.53. The van der Waals surface area contributed by atoms with Crippen molar-refractivity contribution in [3.05, 3.63) is 40.3 Å². The molecule has 0 radical (unpaired) electrons. The number of β-lactam (4-membered cyclic amide) rings is 1. The molecule has 298 valence electrons. The van der Waals surface area contributed by atoms with Gasteiger partial charge in [0.05, 0.1) is 0 Å². The minimum atomic E-state index is -1.26. The number of thiazole rings is 1. The predicted octanol–water partition coefficient (Wildman–Crippen LogP) is 0.00390. The Morgan fingerprint density at radius 2 is 1.77 bits per heavy atom. The maximum absolute atomic E-state index is 13.4. The zero-order valence-electron chi connectivity index (χ0n) is 28.7. The van der Waals surface area contributed by atoms with Crippen molar-refractivity contribution in [1.29, 1.82) is 0 Å². The first-order valence-electron chi connectivity index (χ1n) is 15.3. The number of urea groups is 1. The summed E-state index contributed by atoms with van der Waals surface area (Å²) in [5.41, 5.74) is 9.13. The molecule has 3 aromatic rings. The van der Waals surface area contributed by atoms with E-state index in [0.717, 1.165) is 37.3 Å². The number of imide groups is 1. The van der Waals surface area contributed by atoms with Gasteiger partial charge >= 0.3 is 23.9 Å². The van der Waals surface area contributed by atoms with E-state index in [1.54, 1.807) is 0 Å². The Balaban J connectivity index is 0.00000696. The number of ether oxygens (including phenoxy) is 2. The van der Waals surface area contributed by atoms with Crippen LogP contribution in [0.2, 0.25) is 0 Å². The van der Waals surface area contributed by atoms with Crippen molar-refractivity contribution < 1.29 is 57.8 Å². The highest BCUT2D eigenvalue weighted by Gasteiger charge is 2.57. The van der Waals surface area contributed by atoms with Crippen LogP contribution in [-0.4, -0.2) is 115 Å². The summed E-state index contributed by atoms with van der Waals surface area (Å²) in [4.78, 5) is 109. The van der Waals surface area contributed by atoms with Gasteiger partial charge in [0.1, 0.15) is 39.5 Å². The summed E-state index contributed by atoms with van der Waals surface area (Å²) in [7, 11) is 0. The van der Waals surface area contributed by atoms with E-state index in [-0.39, 0.29) is 58.3 Å². The van der Waals surface area contributed by atoms with E-state index in [1.807, 2.05) is 16.2 Å². The average Bonchev–Trinajstić information content (AvgIpc) is 3.81. The summed E-state index contributed by atoms with van der Waals surface area (Å²) >= 11 is 4.67. The smallest absolute Gasteiger partial charge is 0.340 e. The van der Waals surface area contributed by atoms with E-state index in [1.165, 1.54) is 56.7 Å². The van der Waals surface area contributed by atoms with Crippen molar-refractivity contribution in [2.75, 3.05) is 30.4 Å². The number of hydrogen-bond acceptors (Lipinski definition) is 20. The highest BCUT2D eigenvalue weighted by Crippen LogP contribution is 2.44. The SMILES string of the molecule is CC(=O)Oc1cc(OC(C)=O)cc(C(=O)NC(=O)NNC(=O)CON=C(C(=O)NC2C(=O)N3CC(CSc4nncs4)(C(=O)O)CS[C@H]23)c2csc(N)n2)c1.Cl. The number of aliphatic carboxylic acids is 1. The van der Waals surface area contributed by atoms with Gasteiger partial charge < -0.3 is 35.4 Å². The molecule has 2 aliphatic rings. The lowest BCUT2D eigenvalue weighted by Crippen LogP contribution is -2.74. The summed E-state index contributed by atoms with van der Waals surface area (Å²) < 4.78 is 10.4. The molecule has 2 fully saturated rings. The highest BCUT2D eigenvalue weighted by molar-refractivity contribution is 8.01. The number of carbonyl (C=O) groups is 8. The number of benzene rings is 1. The fourth-order valence-electron chi connectivity index (χ4n) is 4.82. The van der Waals surface area contributed by atoms with Crippen molar-refractivity contribution >= 4 is 117 Å². The number of amides is 6. The summed E-state index contributed by atoms with van der Waals surface area (Å²) in [6, 6.07) is 1.14. The summed E-state index contributed by atoms with van der Waals surface area (Å²) in [6.45, 7) is 1.27. The fraction of sp³-hybridized carbons (Fsp3) is 0.310. The Morgan fingerprint density at radius 3 is 2.36 bits per heavy atom. The third-order valence-electron chi connectivity index (χ3n) is 7.24. The maximum Gasteiger partial charge on any atom is 0.340 e. The van der Waals surface area contributed by atoms with Crippen molar-refractivity contribution in [2.24, 2.45) is 10.6 Å². The Kier molecular flexibility index (Phi) is 14.5. The number of hydrogen-bond donors (Lipinski definition) is 6. The molecule has 0 spiro atoms. The second-order valence-electron chi connectivity index (χ2n) is 11.3. The molecule has 6 amide bonds. The van der Waals surface area contributed by atoms with Crippen LogP contribution in [0.1, 0.15) is 29.9 Å². The number of rotatable bonds is 13. The number of halogens is 1. The number of carboxylic acid groups (broad SMARTS) is 1. The molecule has 1 aromatic carbocycles. The Bertz CT molecular complexity index is 2040. The molecule has 7 N–H and O–H groups in total. The number of carbonyl (C=O) groups excluding carboxylic acids is 7. The molecule has 0 bridgehead atoms. The number of aromatic nitrogens is 3. The first-order valence-corrected chi connectivity index (χ1v) is 19.1. The number of nitrogens with two attached hydrogens (primary N) is 1. The van der Waals surface area contributed by atoms with Crippen molar-refractivity contribution in [1.82, 2.24) is 41.6 Å². The quantitative estimate of drug-likeness (QED) is 0.0329. The lowest BCUT2D eigenvalue weighted by atomic mass is 9.89. The normalized spacial score (nSPS) is 18.5. The Labute approximate surface area is 337 Å². The first-order chi connectivity index (χ1) is 26.1. The number of nitrogen functional groups attached to an aromatic ring is 1. The second-order valence-corrected chi connectivity index (χ2v) is 15.4. The van der Waals surface area contributed by atoms with E-state index in [2.05, 4.69) is 25.7 Å². The van der Waals surface area contributed by atoms with E-state index >= 15 is 0 Å². The van der Waals surface area contributed by atoms with Crippen LogP contribution in [0.25, 0.3) is 0 Å². The Hall–Kier alpha value is -5.57. The molecular weight excluding hydrogens is 844 g/mol. The van der Waals surface area contributed by atoms with Crippen LogP contribution in [0.5, 0.6) is 11.5 Å². The summed E-state index contributed by atoms with van der Waals surface area (Å²) in [6.07, 6.45) is 0. The first kappa shape index (κ1) is 43.2. The molecule has 22 nitrogen and oxygen atoms in total. The molecule has 2 saturated heterocycles. The molecule has 0 aliphatic carbocycles. The molecule has 56 heavy (non-hydrogen) atoms. The molecule has 0 saturated carbocycles. The van der Waals surface area contributed by atoms with Gasteiger partial charge in [-0.1, -0.05) is 28.3 Å². The number of oxime groups is 1. The number of nitrogens with zero attached hydrogens (tertiary/aromatic N) is 5. The van der Waals surface area contributed by atoms with Gasteiger partial charge in [0.25, 0.3) is 17.7 Å². The van der Waals surface area contributed by atoms with Crippen LogP contribution in [-0.2, 0) is 33.6 Å². The van der Waals surface area contributed by atoms with E-state index in [4.69, 9.17) is 20.0 Å². The van der Waals surface area contributed by atoms with E-state index in [9.17, 15) is 43.5 Å². The molecular formula is C29H29ClN10O12S4. The van der Waals surface area contributed by atoms with Gasteiger partial charge in [0.15, 0.2) is 21.8 Å². The summed E-state index contributed by atoms with van der Waals surface area (Å²) in [5.74, 6) is -5.97. The van der Waals surface area contributed by atoms with Gasteiger partial charge in [-0.05, 0) is 12.1 Å². The summed E-state index contributed by atoms with van der Waals surface area (Å²) in [5, 5.41) is 26.8. The number of hydrazine groups is 1. The largest absolute Gasteiger partial charge is 0.481 e. The maximum atomic E-state index is 13.4. The van der Waals surface area contributed by atoms with Gasteiger partial charge in [-0.25, -0.2) is 15.2 Å². The number of esters is 2. The number of anilines is 1. The molecule has 2 aliphatic heterocycles. The van der Waals surface area contributed by atoms with Crippen LogP contribution in [0.15, 0.2) is 38.6 Å². The lowest BCUT2D eigenvalue weighted by molar-refractivity contribution is -0.157. The van der Waals surface area contributed by atoms with Crippen LogP contribution < -0.4 is 36.7 Å². The topological polar surface area (TPSA) is 313 Å². The predicted molar refractivity (Wildman–Crippen MR) is 200 cm³/mol. The number of thioether (sulfide) groups is 2. The van der Waals surface area contributed by atoms with Crippen molar-refractivity contribution in [3.8, 4) is 11.5 Å². The monoisotopic (exact) mass is 872 g/mol. The zero-order valence-corrected chi connectivity index (χ0v) is 32.7. The van der Waals surface area contributed by atoms with E-state index in [0.29, 0.717) is 4.34 Å². The molecule has 2 unspecified atom stereocenters. The van der Waals surface area contributed by atoms with Gasteiger partial charge in [0, 0.05) is 48.9 Å². The number of nitrogens with one attached hydrogen (secondary N) is 4. The van der Waals surface area contributed by atoms with Gasteiger partial charge in [-0.2, -0.15) is 0 Å². The van der Waals surface area contributed by atoms with Crippen LogP contribution in [0, 0.1) is 5.41 Å². The van der Waals surface area contributed by atoms with Crippen LogP contribution in [0.3, 0.4) is 0 Å². The molecule has 3 atom stereocenters. The standard InChI is InChI=1S/C29H28N10O12S4.ClH/c1-12(40)50-15-3-14(4-16(5-15)51-13(2)41)21(43)34-27(48)36-35-18(42)6-49-38-19(17-7-52-26(30)32-17)22(44)33-20-23(45)39-8-29(25(46)47,9-53-24(20)39)10-54-28-37-31-11-55-28;/h3-5,7,11,20,24H,6,8-10H2,1-2H3,(H2,30,32)(H,33,44)(H,35,42)(H,46,47)(H2,34,36,43,48);1H/t20?,24-,29?;/m1./s1. The van der Waals surface area contributed by atoms with Crippen molar-refractivity contribution in [3.63, 3.8) is 0 Å². The third-order valence-corrected chi connectivity index (χ3v) is 11.6. The van der Waals surface area contributed by atoms with Crippen LogP contribution >= 0.6 is 58.6 Å². The molecule has 2 aromatic heterocycles. The molecule has 5 rings (SSSR count). The fourth-order valence-corrected chi connectivity index (χ4v) is 8.72. The minimum Gasteiger partial charge on any atom is -0.481 e. The number of fused-ring (bicyclic) bond motifs is 1. The molecule has 4 heterocycles. The minimum absolute atomic E-state index is 0. The van der Waals surface area contributed by atoms with Gasteiger partial charge in [-0.15, -0.1) is 45.7 Å². The highest BCUT2D eigenvalue weighted by atomic mass is 35.5. The van der Waals surface area contributed by atoms with Gasteiger partial charge in [0.2, 0.25) is 5.91 Å². The third kappa shape index (κ3) is 10.8. The van der Waals surface area contributed by atoms with Crippen molar-refractivity contribution in [2.45, 2.75) is 29.6 Å². The zero-order chi connectivity index (χ0) is 39.9. The van der Waals surface area contributed by atoms with E-state index < -0.39 is 76.7 Å². The molecule has 27 heteroatoms. The Morgan fingerprint density at radius 1 is 1.07 bits per heavy atom. The number of carboxylic acids is 1. The van der Waals surface area contributed by atoms with Crippen LogP contribution in [0.4, 0.5) is 9.93 Å². The van der Waals surface area contributed by atoms with Gasteiger partial charge in [-0.3, -0.25) is 44.3 Å².